The molecule has 1 aromatic heterocycles. The average molecular weight is 212 g/mol. The molecule has 0 atom stereocenters. The van der Waals surface area contributed by atoms with E-state index in [0.717, 1.165) is 27.6 Å². The second kappa shape index (κ2) is 3.25. The van der Waals surface area contributed by atoms with Crippen LogP contribution in [-0.4, -0.2) is 7.05 Å². The maximum Gasteiger partial charge on any atom is 0.135 e. The van der Waals surface area contributed by atoms with Crippen LogP contribution in [-0.2, 0) is 0 Å². The van der Waals surface area contributed by atoms with E-state index in [2.05, 4.69) is 6.07 Å². The van der Waals surface area contributed by atoms with Crippen LogP contribution in [0.3, 0.4) is 0 Å². The summed E-state index contributed by atoms with van der Waals surface area (Å²) in [5.74, 6) is 5.72. The van der Waals surface area contributed by atoms with Crippen LogP contribution in [0, 0.1) is 0 Å². The van der Waals surface area contributed by atoms with Crippen molar-refractivity contribution < 1.29 is 4.42 Å². The van der Waals surface area contributed by atoms with E-state index in [4.69, 9.17) is 10.3 Å². The van der Waals surface area contributed by atoms with E-state index in [1.807, 2.05) is 43.4 Å². The Kier molecular flexibility index (Phi) is 1.88. The van der Waals surface area contributed by atoms with Crippen molar-refractivity contribution in [2.45, 2.75) is 0 Å². The second-order valence-corrected chi connectivity index (χ2v) is 3.89. The van der Waals surface area contributed by atoms with E-state index in [-0.39, 0.29) is 0 Å². The van der Waals surface area contributed by atoms with Gasteiger partial charge < -0.3 is 9.43 Å². The van der Waals surface area contributed by atoms with Crippen molar-refractivity contribution in [3.63, 3.8) is 0 Å². The van der Waals surface area contributed by atoms with Crippen LogP contribution in [0.1, 0.15) is 0 Å². The summed E-state index contributed by atoms with van der Waals surface area (Å²) in [6, 6.07) is 14.0. The van der Waals surface area contributed by atoms with Gasteiger partial charge in [0.2, 0.25) is 0 Å². The molecule has 3 nitrogen and oxygen atoms in total. The number of hydrazine groups is 1. The Morgan fingerprint density at radius 2 is 1.75 bits per heavy atom. The summed E-state index contributed by atoms with van der Waals surface area (Å²) in [6.07, 6.45) is 0. The third-order valence-electron chi connectivity index (χ3n) is 2.77. The normalized spacial score (nSPS) is 11.1. The summed E-state index contributed by atoms with van der Waals surface area (Å²) in [6.45, 7) is 0. The minimum atomic E-state index is 0.895. The molecule has 0 fully saturated rings. The molecular formula is C13H12N2O. The van der Waals surface area contributed by atoms with Crippen molar-refractivity contribution in [1.29, 1.82) is 0 Å². The molecule has 16 heavy (non-hydrogen) atoms. The number of nitrogens with two attached hydrogens (primary N) is 1. The summed E-state index contributed by atoms with van der Waals surface area (Å²) in [7, 11) is 1.82. The number of rotatable bonds is 1. The number of para-hydroxylation sites is 1. The summed E-state index contributed by atoms with van der Waals surface area (Å²) in [5, 5.41) is 3.83. The molecule has 0 aliphatic carbocycles. The van der Waals surface area contributed by atoms with Gasteiger partial charge in [0, 0.05) is 17.8 Å². The first-order valence-electron chi connectivity index (χ1n) is 5.15. The van der Waals surface area contributed by atoms with Crippen molar-refractivity contribution in [3.8, 4) is 0 Å². The van der Waals surface area contributed by atoms with Crippen LogP contribution in [0.15, 0.2) is 46.9 Å². The molecule has 3 aromatic rings. The highest BCUT2D eigenvalue weighted by Gasteiger charge is 2.07. The highest BCUT2D eigenvalue weighted by atomic mass is 16.3. The van der Waals surface area contributed by atoms with Gasteiger partial charge in [0.25, 0.3) is 0 Å². The largest absolute Gasteiger partial charge is 0.456 e. The Labute approximate surface area is 93.0 Å². The van der Waals surface area contributed by atoms with Crippen molar-refractivity contribution in [2.24, 2.45) is 5.84 Å². The van der Waals surface area contributed by atoms with Gasteiger partial charge in [-0.2, -0.15) is 0 Å². The van der Waals surface area contributed by atoms with E-state index in [9.17, 15) is 0 Å². The van der Waals surface area contributed by atoms with Gasteiger partial charge in [-0.25, -0.2) is 5.84 Å². The van der Waals surface area contributed by atoms with Crippen LogP contribution in [0.2, 0.25) is 0 Å². The highest BCUT2D eigenvalue weighted by Crippen LogP contribution is 2.30. The lowest BCUT2D eigenvalue weighted by molar-refractivity contribution is 0.669. The SMILES string of the molecule is CN(N)c1ccc2oc3ccccc3c2c1. The topological polar surface area (TPSA) is 42.4 Å². The molecule has 0 saturated carbocycles. The number of hydrogen-bond donors (Lipinski definition) is 1. The van der Waals surface area contributed by atoms with Gasteiger partial charge in [-0.05, 0) is 24.3 Å². The van der Waals surface area contributed by atoms with E-state index >= 15 is 0 Å². The lowest BCUT2D eigenvalue weighted by Gasteiger charge is -2.11. The zero-order valence-corrected chi connectivity index (χ0v) is 8.97. The van der Waals surface area contributed by atoms with Crippen LogP contribution in [0.25, 0.3) is 21.9 Å². The van der Waals surface area contributed by atoms with Gasteiger partial charge in [0.1, 0.15) is 11.2 Å². The number of benzene rings is 2. The van der Waals surface area contributed by atoms with E-state index in [0.29, 0.717) is 0 Å². The molecule has 0 aliphatic rings. The van der Waals surface area contributed by atoms with Gasteiger partial charge >= 0.3 is 0 Å². The summed E-state index contributed by atoms with van der Waals surface area (Å²) >= 11 is 0. The van der Waals surface area contributed by atoms with E-state index < -0.39 is 0 Å². The Balaban J connectivity index is 2.40. The predicted molar refractivity (Wildman–Crippen MR) is 66.3 cm³/mol. The van der Waals surface area contributed by atoms with Crippen LogP contribution < -0.4 is 10.9 Å². The Morgan fingerprint density at radius 1 is 1.00 bits per heavy atom. The lowest BCUT2D eigenvalue weighted by Crippen LogP contribution is -2.24. The molecule has 0 unspecified atom stereocenters. The van der Waals surface area contributed by atoms with Gasteiger partial charge in [-0.15, -0.1) is 0 Å². The average Bonchev–Trinajstić information content (AvgIpc) is 2.66. The zero-order valence-electron chi connectivity index (χ0n) is 8.97. The third kappa shape index (κ3) is 1.26. The molecular weight excluding hydrogens is 200 g/mol. The Morgan fingerprint density at radius 3 is 2.56 bits per heavy atom. The van der Waals surface area contributed by atoms with Crippen molar-refractivity contribution in [1.82, 2.24) is 0 Å². The zero-order chi connectivity index (χ0) is 11.1. The first-order valence-corrected chi connectivity index (χ1v) is 5.15. The molecule has 0 saturated heterocycles. The molecule has 3 rings (SSSR count). The molecule has 0 bridgehead atoms. The standard InChI is InChI=1S/C13H12N2O/c1-15(14)9-6-7-13-11(8-9)10-4-2-3-5-12(10)16-13/h2-8H,14H2,1H3. The molecule has 1 heterocycles. The number of furan rings is 1. The molecule has 3 heteroatoms. The van der Waals surface area contributed by atoms with Gasteiger partial charge in [-0.3, -0.25) is 0 Å². The van der Waals surface area contributed by atoms with Crippen molar-refractivity contribution >= 4 is 27.6 Å². The Bertz CT molecular complexity index is 655. The molecule has 2 aromatic carbocycles. The monoisotopic (exact) mass is 212 g/mol. The van der Waals surface area contributed by atoms with Crippen LogP contribution in [0.5, 0.6) is 0 Å². The van der Waals surface area contributed by atoms with E-state index in [1.165, 1.54) is 0 Å². The van der Waals surface area contributed by atoms with E-state index in [1.54, 1.807) is 5.01 Å². The molecule has 0 amide bonds. The quantitative estimate of drug-likeness (QED) is 0.498. The molecule has 0 aliphatic heterocycles. The molecule has 0 spiro atoms. The smallest absolute Gasteiger partial charge is 0.135 e. The minimum absolute atomic E-state index is 0.895. The second-order valence-electron chi connectivity index (χ2n) is 3.89. The summed E-state index contributed by atoms with van der Waals surface area (Å²) < 4.78 is 5.73. The fraction of sp³-hybridized carbons (Fsp3) is 0.0769. The van der Waals surface area contributed by atoms with Crippen molar-refractivity contribution in [3.05, 3.63) is 42.5 Å². The number of hydrogen-bond acceptors (Lipinski definition) is 3. The van der Waals surface area contributed by atoms with Gasteiger partial charge in [-0.1, -0.05) is 18.2 Å². The van der Waals surface area contributed by atoms with Crippen molar-refractivity contribution in [2.75, 3.05) is 12.1 Å². The molecule has 0 radical (unpaired) electrons. The van der Waals surface area contributed by atoms with Crippen LogP contribution in [0.4, 0.5) is 5.69 Å². The summed E-state index contributed by atoms with van der Waals surface area (Å²) in [5.41, 5.74) is 2.78. The third-order valence-corrected chi connectivity index (χ3v) is 2.77. The molecule has 80 valence electrons. The van der Waals surface area contributed by atoms with Gasteiger partial charge in [0.15, 0.2) is 0 Å². The number of fused-ring (bicyclic) bond motifs is 3. The van der Waals surface area contributed by atoms with Gasteiger partial charge in [0.05, 0.1) is 5.69 Å². The summed E-state index contributed by atoms with van der Waals surface area (Å²) in [4.78, 5) is 0. The maximum absolute atomic E-state index is 5.73. The maximum atomic E-state index is 5.73. The lowest BCUT2D eigenvalue weighted by atomic mass is 10.1. The first kappa shape index (κ1) is 9.24. The number of anilines is 1. The fourth-order valence-corrected chi connectivity index (χ4v) is 1.93. The Hall–Kier alpha value is -2.00. The highest BCUT2D eigenvalue weighted by molar-refractivity contribution is 6.05. The van der Waals surface area contributed by atoms with Crippen LogP contribution >= 0.6 is 0 Å². The molecule has 2 N–H and O–H groups in total. The number of nitrogens with zero attached hydrogens (tertiary/aromatic N) is 1. The first-order chi connectivity index (χ1) is 7.75. The predicted octanol–water partition coefficient (Wildman–Crippen LogP) is 2.90. The fourth-order valence-electron chi connectivity index (χ4n) is 1.93. The minimum Gasteiger partial charge on any atom is -0.456 e.